The Bertz CT molecular complexity index is 545. The second-order valence-electron chi connectivity index (χ2n) is 6.19. The van der Waals surface area contributed by atoms with Crippen LogP contribution in [0.1, 0.15) is 32.3 Å². The summed E-state index contributed by atoms with van der Waals surface area (Å²) in [5, 5.41) is 5.44. The molecule has 0 aromatic heterocycles. The lowest BCUT2D eigenvalue weighted by Crippen LogP contribution is -2.47. The molecule has 1 fully saturated rings. The van der Waals surface area contributed by atoms with Crippen LogP contribution in [0.15, 0.2) is 24.3 Å². The summed E-state index contributed by atoms with van der Waals surface area (Å²) in [6, 6.07) is 6.15. The third kappa shape index (κ3) is 5.32. The molecule has 1 heterocycles. The van der Waals surface area contributed by atoms with E-state index in [0.717, 1.165) is 24.9 Å². The SMILES string of the molecule is CC(C)NC(=O)CNC(=O)C1CCCN1Cc1ccc(F)cc1. The van der Waals surface area contributed by atoms with Crippen molar-refractivity contribution in [3.05, 3.63) is 35.6 Å². The molecule has 5 nitrogen and oxygen atoms in total. The van der Waals surface area contributed by atoms with E-state index in [1.165, 1.54) is 12.1 Å². The van der Waals surface area contributed by atoms with Gasteiger partial charge in [0.25, 0.3) is 0 Å². The largest absolute Gasteiger partial charge is 0.352 e. The number of hydrogen-bond acceptors (Lipinski definition) is 3. The van der Waals surface area contributed by atoms with E-state index >= 15 is 0 Å². The molecule has 2 amide bonds. The number of benzene rings is 1. The highest BCUT2D eigenvalue weighted by Crippen LogP contribution is 2.20. The van der Waals surface area contributed by atoms with Gasteiger partial charge >= 0.3 is 0 Å². The average Bonchev–Trinajstić information content (AvgIpc) is 2.95. The van der Waals surface area contributed by atoms with Crippen LogP contribution < -0.4 is 10.6 Å². The lowest BCUT2D eigenvalue weighted by Gasteiger charge is -2.23. The molecule has 23 heavy (non-hydrogen) atoms. The first-order valence-electron chi connectivity index (χ1n) is 8.01. The minimum atomic E-state index is -0.263. The zero-order chi connectivity index (χ0) is 16.8. The Hall–Kier alpha value is -1.95. The Labute approximate surface area is 136 Å². The molecule has 1 aliphatic rings. The van der Waals surface area contributed by atoms with Crippen molar-refractivity contribution in [1.29, 1.82) is 0 Å². The third-order valence-corrected chi connectivity index (χ3v) is 3.84. The van der Waals surface area contributed by atoms with Gasteiger partial charge in [0.2, 0.25) is 11.8 Å². The van der Waals surface area contributed by atoms with Crippen LogP contribution in [0, 0.1) is 5.82 Å². The van der Waals surface area contributed by atoms with E-state index in [0.29, 0.717) is 6.54 Å². The van der Waals surface area contributed by atoms with E-state index in [9.17, 15) is 14.0 Å². The maximum atomic E-state index is 13.0. The molecule has 126 valence electrons. The van der Waals surface area contributed by atoms with Crippen LogP contribution in [-0.2, 0) is 16.1 Å². The van der Waals surface area contributed by atoms with Gasteiger partial charge in [-0.25, -0.2) is 4.39 Å². The van der Waals surface area contributed by atoms with Gasteiger partial charge in [-0.05, 0) is 50.9 Å². The Balaban J connectivity index is 1.86. The molecule has 0 aliphatic carbocycles. The van der Waals surface area contributed by atoms with Gasteiger partial charge in [-0.3, -0.25) is 14.5 Å². The van der Waals surface area contributed by atoms with Crippen LogP contribution in [0.25, 0.3) is 0 Å². The van der Waals surface area contributed by atoms with Gasteiger partial charge < -0.3 is 10.6 Å². The summed E-state index contributed by atoms with van der Waals surface area (Å²) in [7, 11) is 0. The summed E-state index contributed by atoms with van der Waals surface area (Å²) < 4.78 is 13.0. The highest BCUT2D eigenvalue weighted by molar-refractivity contribution is 5.87. The Morgan fingerprint density at radius 3 is 2.65 bits per heavy atom. The van der Waals surface area contributed by atoms with Crippen molar-refractivity contribution in [3.63, 3.8) is 0 Å². The van der Waals surface area contributed by atoms with Crippen molar-refractivity contribution in [2.45, 2.75) is 45.3 Å². The van der Waals surface area contributed by atoms with E-state index < -0.39 is 0 Å². The van der Waals surface area contributed by atoms with Gasteiger partial charge in [0.15, 0.2) is 0 Å². The fourth-order valence-electron chi connectivity index (χ4n) is 2.79. The maximum absolute atomic E-state index is 13.0. The van der Waals surface area contributed by atoms with Crippen LogP contribution in [0.2, 0.25) is 0 Å². The lowest BCUT2D eigenvalue weighted by atomic mass is 10.1. The molecule has 1 saturated heterocycles. The van der Waals surface area contributed by atoms with Gasteiger partial charge in [-0.2, -0.15) is 0 Å². The Kier molecular flexibility index (Phi) is 6.10. The van der Waals surface area contributed by atoms with Crippen LogP contribution in [0.4, 0.5) is 4.39 Å². The Morgan fingerprint density at radius 1 is 1.30 bits per heavy atom. The molecular formula is C17H24FN3O2. The highest BCUT2D eigenvalue weighted by Gasteiger charge is 2.30. The molecule has 1 unspecified atom stereocenters. The molecule has 0 radical (unpaired) electrons. The van der Waals surface area contributed by atoms with Gasteiger partial charge in [0, 0.05) is 12.6 Å². The van der Waals surface area contributed by atoms with E-state index in [-0.39, 0.29) is 36.3 Å². The zero-order valence-electron chi connectivity index (χ0n) is 13.6. The topological polar surface area (TPSA) is 61.4 Å². The predicted octanol–water partition coefficient (Wildman–Crippen LogP) is 1.43. The first-order valence-corrected chi connectivity index (χ1v) is 8.01. The number of hydrogen-bond donors (Lipinski definition) is 2. The summed E-state index contributed by atoms with van der Waals surface area (Å²) in [6.07, 6.45) is 1.72. The standard InChI is InChI=1S/C17H24FN3O2/c1-12(2)20-16(22)10-19-17(23)15-4-3-9-21(15)11-13-5-7-14(18)8-6-13/h5-8,12,15H,3-4,9-11H2,1-2H3,(H,19,23)(H,20,22). The van der Waals surface area contributed by atoms with Crippen LogP contribution in [-0.4, -0.2) is 41.9 Å². The van der Waals surface area contributed by atoms with E-state index in [2.05, 4.69) is 15.5 Å². The van der Waals surface area contributed by atoms with Gasteiger partial charge in [0.1, 0.15) is 5.82 Å². The fourth-order valence-corrected chi connectivity index (χ4v) is 2.79. The number of carbonyl (C=O) groups is 2. The maximum Gasteiger partial charge on any atom is 0.239 e. The molecule has 0 bridgehead atoms. The minimum absolute atomic E-state index is 0.00208. The number of carbonyl (C=O) groups excluding carboxylic acids is 2. The normalized spacial score (nSPS) is 18.2. The van der Waals surface area contributed by atoms with Gasteiger partial charge in [0.05, 0.1) is 12.6 Å². The number of nitrogens with zero attached hydrogens (tertiary/aromatic N) is 1. The Morgan fingerprint density at radius 2 is 2.00 bits per heavy atom. The molecule has 0 spiro atoms. The molecule has 1 atom stereocenters. The van der Waals surface area contributed by atoms with Crippen LogP contribution in [0.3, 0.4) is 0 Å². The molecule has 6 heteroatoms. The van der Waals surface area contributed by atoms with Gasteiger partial charge in [-0.15, -0.1) is 0 Å². The molecule has 2 rings (SSSR count). The number of nitrogens with one attached hydrogen (secondary N) is 2. The molecular weight excluding hydrogens is 297 g/mol. The number of rotatable bonds is 6. The van der Waals surface area contributed by atoms with Crippen molar-refractivity contribution in [2.75, 3.05) is 13.1 Å². The molecule has 2 N–H and O–H groups in total. The first-order chi connectivity index (χ1) is 11.0. The van der Waals surface area contributed by atoms with E-state index in [4.69, 9.17) is 0 Å². The molecule has 1 aromatic rings. The summed E-state index contributed by atoms with van der Waals surface area (Å²) >= 11 is 0. The van der Waals surface area contributed by atoms with Crippen molar-refractivity contribution < 1.29 is 14.0 Å². The van der Waals surface area contributed by atoms with Crippen LogP contribution in [0.5, 0.6) is 0 Å². The summed E-state index contributed by atoms with van der Waals surface area (Å²) in [5.41, 5.74) is 0.976. The summed E-state index contributed by atoms with van der Waals surface area (Å²) in [4.78, 5) is 26.0. The number of halogens is 1. The van der Waals surface area contributed by atoms with Crippen molar-refractivity contribution in [1.82, 2.24) is 15.5 Å². The van der Waals surface area contributed by atoms with E-state index in [1.54, 1.807) is 12.1 Å². The second kappa shape index (κ2) is 8.06. The van der Waals surface area contributed by atoms with Gasteiger partial charge in [-0.1, -0.05) is 12.1 Å². The van der Waals surface area contributed by atoms with E-state index in [1.807, 2.05) is 13.8 Å². The monoisotopic (exact) mass is 321 g/mol. The van der Waals surface area contributed by atoms with Crippen molar-refractivity contribution in [3.8, 4) is 0 Å². The van der Waals surface area contributed by atoms with Crippen molar-refractivity contribution >= 4 is 11.8 Å². The van der Waals surface area contributed by atoms with Crippen molar-refractivity contribution in [2.24, 2.45) is 0 Å². The summed E-state index contributed by atoms with van der Waals surface area (Å²) in [5.74, 6) is -0.569. The van der Waals surface area contributed by atoms with Crippen LogP contribution >= 0.6 is 0 Å². The number of likely N-dealkylation sites (tertiary alicyclic amines) is 1. The zero-order valence-corrected chi connectivity index (χ0v) is 13.6. The second-order valence-corrected chi connectivity index (χ2v) is 6.19. The summed E-state index contributed by atoms with van der Waals surface area (Å²) in [6.45, 7) is 5.18. The lowest BCUT2D eigenvalue weighted by molar-refractivity contribution is -0.129. The first kappa shape index (κ1) is 17.4. The number of amides is 2. The molecule has 0 saturated carbocycles. The molecule has 1 aliphatic heterocycles. The minimum Gasteiger partial charge on any atom is -0.352 e. The highest BCUT2D eigenvalue weighted by atomic mass is 19.1. The third-order valence-electron chi connectivity index (χ3n) is 3.84. The smallest absolute Gasteiger partial charge is 0.239 e. The quantitative estimate of drug-likeness (QED) is 0.833. The molecule has 1 aromatic carbocycles. The fraction of sp³-hybridized carbons (Fsp3) is 0.529. The average molecular weight is 321 g/mol. The predicted molar refractivity (Wildman–Crippen MR) is 86.1 cm³/mol.